The van der Waals surface area contributed by atoms with Crippen LogP contribution in [-0.2, 0) is 4.79 Å². The second-order valence-corrected chi connectivity index (χ2v) is 5.76. The smallest absolute Gasteiger partial charge is 0.341 e. The van der Waals surface area contributed by atoms with Crippen molar-refractivity contribution in [3.8, 4) is 0 Å². The Morgan fingerprint density at radius 1 is 0.963 bits per heavy atom. The quantitative estimate of drug-likeness (QED) is 0.660. The van der Waals surface area contributed by atoms with Gasteiger partial charge in [0.15, 0.2) is 0 Å². The molecule has 0 atom stereocenters. The Bertz CT molecular complexity index is 1130. The van der Waals surface area contributed by atoms with E-state index >= 15 is 0 Å². The molecule has 136 valence electrons. The number of aromatic nitrogens is 1. The largest absolute Gasteiger partial charge is 0.477 e. The maximum atomic E-state index is 12.7. The predicted octanol–water partition coefficient (Wildman–Crippen LogP) is 2.74. The number of rotatable bonds is 3. The van der Waals surface area contributed by atoms with Crippen LogP contribution in [0.5, 0.6) is 0 Å². The van der Waals surface area contributed by atoms with Gasteiger partial charge in [-0.15, -0.1) is 0 Å². The van der Waals surface area contributed by atoms with Crippen LogP contribution in [0.1, 0.15) is 17.3 Å². The minimum absolute atomic E-state index is 0.125. The lowest BCUT2D eigenvalue weighted by molar-refractivity contribution is -0.114. The van der Waals surface area contributed by atoms with Crippen LogP contribution in [0.3, 0.4) is 0 Å². The summed E-state index contributed by atoms with van der Waals surface area (Å²) in [6.07, 6.45) is 1.00. The van der Waals surface area contributed by atoms with Crippen LogP contribution >= 0.6 is 0 Å². The molecule has 0 fully saturated rings. The molecular formula is C19H15N3O5. The van der Waals surface area contributed by atoms with Gasteiger partial charge in [-0.3, -0.25) is 14.2 Å². The molecule has 0 bridgehead atoms. The highest BCUT2D eigenvalue weighted by molar-refractivity contribution is 6.01. The number of carboxylic acids is 1. The Morgan fingerprint density at radius 3 is 2.30 bits per heavy atom. The molecule has 8 heteroatoms. The molecule has 0 aliphatic rings. The Hall–Kier alpha value is -3.94. The number of fused-ring (bicyclic) bond motifs is 1. The zero-order chi connectivity index (χ0) is 19.6. The van der Waals surface area contributed by atoms with Crippen molar-refractivity contribution in [3.05, 3.63) is 70.5 Å². The maximum Gasteiger partial charge on any atom is 0.341 e. The van der Waals surface area contributed by atoms with Crippen LogP contribution in [0.25, 0.3) is 10.9 Å². The summed E-state index contributed by atoms with van der Waals surface area (Å²) in [7, 11) is 0. The van der Waals surface area contributed by atoms with Crippen LogP contribution in [0.4, 0.5) is 16.2 Å². The van der Waals surface area contributed by atoms with Crippen LogP contribution in [0.2, 0.25) is 0 Å². The third-order valence-corrected chi connectivity index (χ3v) is 3.79. The summed E-state index contributed by atoms with van der Waals surface area (Å²) in [5.41, 5.74) is 0.0101. The molecule has 3 rings (SSSR count). The summed E-state index contributed by atoms with van der Waals surface area (Å²) in [6.45, 7) is 1.37. The summed E-state index contributed by atoms with van der Waals surface area (Å²) in [6, 6.07) is 12.1. The number of carbonyl (C=O) groups excluding carboxylic acids is 2. The highest BCUT2D eigenvalue weighted by Gasteiger charge is 2.17. The number of hydrogen-bond donors (Lipinski definition) is 3. The molecular weight excluding hydrogens is 350 g/mol. The highest BCUT2D eigenvalue weighted by Crippen LogP contribution is 2.17. The molecule has 8 nitrogen and oxygen atoms in total. The van der Waals surface area contributed by atoms with Gasteiger partial charge in [-0.2, -0.15) is 0 Å². The minimum atomic E-state index is -1.42. The first kappa shape index (κ1) is 17.9. The van der Waals surface area contributed by atoms with Gasteiger partial charge in [-0.25, -0.2) is 9.59 Å². The third-order valence-electron chi connectivity index (χ3n) is 3.79. The number of benzene rings is 2. The SMILES string of the molecule is CC(=O)Nc1cccc(NC(=O)n2cc(C(=O)O)c(=O)c3ccccc32)c1. The summed E-state index contributed by atoms with van der Waals surface area (Å²) in [4.78, 5) is 47.5. The number of para-hydroxylation sites is 1. The predicted molar refractivity (Wildman–Crippen MR) is 100 cm³/mol. The number of carboxylic acid groups (broad SMARTS) is 1. The van der Waals surface area contributed by atoms with E-state index in [-0.39, 0.29) is 16.8 Å². The fraction of sp³-hybridized carbons (Fsp3) is 0.0526. The molecule has 2 aromatic carbocycles. The van der Waals surface area contributed by atoms with Crippen LogP contribution in [0, 0.1) is 0 Å². The Labute approximate surface area is 153 Å². The molecule has 1 aromatic heterocycles. The number of amides is 2. The van der Waals surface area contributed by atoms with Gasteiger partial charge in [-0.1, -0.05) is 18.2 Å². The van der Waals surface area contributed by atoms with Crippen molar-refractivity contribution < 1.29 is 19.5 Å². The summed E-state index contributed by atoms with van der Waals surface area (Å²) in [5.74, 6) is -1.67. The van der Waals surface area contributed by atoms with E-state index in [0.29, 0.717) is 11.4 Å². The van der Waals surface area contributed by atoms with Gasteiger partial charge >= 0.3 is 12.0 Å². The van der Waals surface area contributed by atoms with Crippen LogP contribution < -0.4 is 16.1 Å². The van der Waals surface area contributed by atoms with Crippen molar-refractivity contribution in [1.82, 2.24) is 4.57 Å². The number of anilines is 2. The monoisotopic (exact) mass is 365 g/mol. The van der Waals surface area contributed by atoms with Crippen molar-refractivity contribution in [3.63, 3.8) is 0 Å². The fourth-order valence-electron chi connectivity index (χ4n) is 2.66. The molecule has 0 unspecified atom stereocenters. The molecule has 0 saturated heterocycles. The van der Waals surface area contributed by atoms with Crippen molar-refractivity contribution in [1.29, 1.82) is 0 Å². The number of carbonyl (C=O) groups is 3. The summed E-state index contributed by atoms with van der Waals surface area (Å²) < 4.78 is 1.07. The number of aromatic carboxylic acids is 1. The van der Waals surface area contributed by atoms with Gasteiger partial charge < -0.3 is 15.7 Å². The maximum absolute atomic E-state index is 12.7. The number of nitrogens with one attached hydrogen (secondary N) is 2. The first-order chi connectivity index (χ1) is 12.9. The first-order valence-electron chi connectivity index (χ1n) is 7.93. The lowest BCUT2D eigenvalue weighted by atomic mass is 10.1. The molecule has 0 radical (unpaired) electrons. The molecule has 3 N–H and O–H groups in total. The van der Waals surface area contributed by atoms with Gasteiger partial charge in [0.05, 0.1) is 5.52 Å². The lowest BCUT2D eigenvalue weighted by Gasteiger charge is -2.13. The highest BCUT2D eigenvalue weighted by atomic mass is 16.4. The van der Waals surface area contributed by atoms with E-state index in [1.807, 2.05) is 0 Å². The number of hydrogen-bond acceptors (Lipinski definition) is 4. The second-order valence-electron chi connectivity index (χ2n) is 5.76. The Morgan fingerprint density at radius 2 is 1.63 bits per heavy atom. The van der Waals surface area contributed by atoms with E-state index in [1.54, 1.807) is 42.5 Å². The first-order valence-corrected chi connectivity index (χ1v) is 7.93. The second kappa shape index (κ2) is 7.12. The van der Waals surface area contributed by atoms with E-state index in [1.165, 1.54) is 13.0 Å². The average molecular weight is 365 g/mol. The molecule has 27 heavy (non-hydrogen) atoms. The number of pyridine rings is 1. The van der Waals surface area contributed by atoms with E-state index in [9.17, 15) is 24.3 Å². The van der Waals surface area contributed by atoms with Gasteiger partial charge in [0.25, 0.3) is 0 Å². The zero-order valence-electron chi connectivity index (χ0n) is 14.2. The molecule has 0 aliphatic carbocycles. The molecule has 0 aliphatic heterocycles. The molecule has 0 saturated carbocycles. The Balaban J connectivity index is 2.04. The summed E-state index contributed by atoms with van der Waals surface area (Å²) >= 11 is 0. The normalized spacial score (nSPS) is 10.4. The van der Waals surface area contributed by atoms with Gasteiger partial charge in [0, 0.05) is 29.9 Å². The van der Waals surface area contributed by atoms with Crippen LogP contribution in [-0.4, -0.2) is 27.6 Å². The van der Waals surface area contributed by atoms with Gasteiger partial charge in [-0.05, 0) is 30.3 Å². The molecule has 0 spiro atoms. The molecule has 2 amide bonds. The molecule has 1 heterocycles. The average Bonchev–Trinajstić information content (AvgIpc) is 2.61. The zero-order valence-corrected chi connectivity index (χ0v) is 14.2. The lowest BCUT2D eigenvalue weighted by Crippen LogP contribution is -2.25. The standard InChI is InChI=1S/C19H15N3O5/c1-11(23)20-12-5-4-6-13(9-12)21-19(27)22-10-15(18(25)26)17(24)14-7-2-3-8-16(14)22/h2-10H,1H3,(H,20,23)(H,21,27)(H,25,26). The third kappa shape index (κ3) is 3.69. The Kier molecular flexibility index (Phi) is 4.71. The van der Waals surface area contributed by atoms with Crippen LogP contribution in [0.15, 0.2) is 59.5 Å². The van der Waals surface area contributed by atoms with E-state index in [2.05, 4.69) is 10.6 Å². The minimum Gasteiger partial charge on any atom is -0.477 e. The van der Waals surface area contributed by atoms with Crippen molar-refractivity contribution >= 4 is 40.2 Å². The van der Waals surface area contributed by atoms with E-state index < -0.39 is 23.0 Å². The number of nitrogens with zero attached hydrogens (tertiary/aromatic N) is 1. The van der Waals surface area contributed by atoms with Gasteiger partial charge in [0.1, 0.15) is 5.56 Å². The van der Waals surface area contributed by atoms with Gasteiger partial charge in [0.2, 0.25) is 11.3 Å². The topological polar surface area (TPSA) is 118 Å². The van der Waals surface area contributed by atoms with E-state index in [4.69, 9.17) is 0 Å². The van der Waals surface area contributed by atoms with E-state index in [0.717, 1.165) is 10.8 Å². The van der Waals surface area contributed by atoms with Crippen molar-refractivity contribution in [2.24, 2.45) is 0 Å². The van der Waals surface area contributed by atoms with Crippen molar-refractivity contribution in [2.45, 2.75) is 6.92 Å². The fourth-order valence-corrected chi connectivity index (χ4v) is 2.66. The van der Waals surface area contributed by atoms with Crippen molar-refractivity contribution in [2.75, 3.05) is 10.6 Å². The summed E-state index contributed by atoms with van der Waals surface area (Å²) in [5, 5.41) is 14.6. The molecule has 3 aromatic rings.